The molecule has 1 heterocycles. The maximum atomic E-state index is 4.95. The van der Waals surface area contributed by atoms with E-state index in [2.05, 4.69) is 24.0 Å². The average molecular weight is 155 g/mol. The Bertz CT molecular complexity index is 219. The third kappa shape index (κ3) is 1.77. The first-order chi connectivity index (χ1) is 5.25. The van der Waals surface area contributed by atoms with Crippen LogP contribution in [0.3, 0.4) is 0 Å². The molecular weight excluding hydrogens is 142 g/mol. The monoisotopic (exact) mass is 155 g/mol. The lowest BCUT2D eigenvalue weighted by Gasteiger charge is -2.08. The van der Waals surface area contributed by atoms with Crippen molar-refractivity contribution in [1.82, 2.24) is 14.8 Å². The Hall–Kier alpha value is -0.900. The molecule has 0 aromatic carbocycles. The first-order valence-corrected chi connectivity index (χ1v) is 3.63. The van der Waals surface area contributed by atoms with Crippen LogP contribution < -0.4 is 0 Å². The Labute approximate surface area is 66.2 Å². The highest BCUT2D eigenvalue weighted by molar-refractivity contribution is 4.84. The van der Waals surface area contributed by atoms with Gasteiger partial charge in [-0.1, -0.05) is 0 Å². The number of ether oxygens (including phenoxy) is 1. The predicted molar refractivity (Wildman–Crippen MR) is 41.1 cm³/mol. The molecule has 0 amide bonds. The summed E-state index contributed by atoms with van der Waals surface area (Å²) in [6, 6.07) is 0.398. The van der Waals surface area contributed by atoms with Gasteiger partial charge in [-0.3, -0.25) is 0 Å². The Kier molecular flexibility index (Phi) is 2.59. The first kappa shape index (κ1) is 8.20. The standard InChI is InChI=1S/C7H13N3O/c1-6(2)10-5-8-9-7(10)4-11-3/h5-6H,4H2,1-3H3. The van der Waals surface area contributed by atoms with Crippen molar-refractivity contribution in [2.24, 2.45) is 0 Å². The zero-order chi connectivity index (χ0) is 8.27. The van der Waals surface area contributed by atoms with Crippen LogP contribution >= 0.6 is 0 Å². The maximum Gasteiger partial charge on any atom is 0.159 e. The van der Waals surface area contributed by atoms with Gasteiger partial charge in [-0.2, -0.15) is 0 Å². The highest BCUT2D eigenvalue weighted by atomic mass is 16.5. The summed E-state index contributed by atoms with van der Waals surface area (Å²) in [5.74, 6) is 0.877. The van der Waals surface area contributed by atoms with E-state index in [0.717, 1.165) is 5.82 Å². The second-order valence-corrected chi connectivity index (χ2v) is 2.68. The average Bonchev–Trinajstić information content (AvgIpc) is 2.36. The van der Waals surface area contributed by atoms with Crippen LogP contribution in [0.4, 0.5) is 0 Å². The molecule has 62 valence electrons. The van der Waals surface area contributed by atoms with Gasteiger partial charge in [0.2, 0.25) is 0 Å². The fraction of sp³-hybridized carbons (Fsp3) is 0.714. The van der Waals surface area contributed by atoms with E-state index in [1.807, 2.05) is 4.57 Å². The summed E-state index contributed by atoms with van der Waals surface area (Å²) in [5, 5.41) is 7.71. The zero-order valence-corrected chi connectivity index (χ0v) is 7.11. The van der Waals surface area contributed by atoms with E-state index in [-0.39, 0.29) is 0 Å². The second-order valence-electron chi connectivity index (χ2n) is 2.68. The highest BCUT2D eigenvalue weighted by Crippen LogP contribution is 2.06. The number of hydrogen-bond donors (Lipinski definition) is 0. The molecule has 1 aromatic heterocycles. The number of hydrogen-bond acceptors (Lipinski definition) is 3. The van der Waals surface area contributed by atoms with Gasteiger partial charge in [-0.15, -0.1) is 10.2 Å². The minimum absolute atomic E-state index is 0.398. The van der Waals surface area contributed by atoms with Crippen LogP contribution in [0.15, 0.2) is 6.33 Å². The van der Waals surface area contributed by atoms with Crippen molar-refractivity contribution >= 4 is 0 Å². The summed E-state index contributed by atoms with van der Waals surface area (Å²) < 4.78 is 6.94. The molecule has 4 nitrogen and oxygen atoms in total. The van der Waals surface area contributed by atoms with E-state index in [9.17, 15) is 0 Å². The fourth-order valence-electron chi connectivity index (χ4n) is 0.930. The van der Waals surface area contributed by atoms with E-state index in [1.165, 1.54) is 0 Å². The molecule has 0 spiro atoms. The molecule has 0 saturated carbocycles. The van der Waals surface area contributed by atoms with E-state index in [0.29, 0.717) is 12.6 Å². The predicted octanol–water partition coefficient (Wildman–Crippen LogP) is 1.01. The summed E-state index contributed by atoms with van der Waals surface area (Å²) in [7, 11) is 1.65. The van der Waals surface area contributed by atoms with Gasteiger partial charge in [0.25, 0.3) is 0 Å². The smallest absolute Gasteiger partial charge is 0.159 e. The van der Waals surface area contributed by atoms with Gasteiger partial charge >= 0.3 is 0 Å². The van der Waals surface area contributed by atoms with Crippen molar-refractivity contribution < 1.29 is 4.74 Å². The van der Waals surface area contributed by atoms with Gasteiger partial charge in [0, 0.05) is 13.2 Å². The molecule has 0 atom stereocenters. The summed E-state index contributed by atoms with van der Waals surface area (Å²) >= 11 is 0. The maximum absolute atomic E-state index is 4.95. The van der Waals surface area contributed by atoms with Gasteiger partial charge in [0.1, 0.15) is 12.9 Å². The van der Waals surface area contributed by atoms with Crippen molar-refractivity contribution in [1.29, 1.82) is 0 Å². The van der Waals surface area contributed by atoms with Crippen LogP contribution in [-0.2, 0) is 11.3 Å². The summed E-state index contributed by atoms with van der Waals surface area (Å²) in [5.41, 5.74) is 0. The van der Waals surface area contributed by atoms with Crippen LogP contribution in [0, 0.1) is 0 Å². The molecule has 4 heteroatoms. The van der Waals surface area contributed by atoms with Crippen LogP contribution in [0.2, 0.25) is 0 Å². The molecule has 0 unspecified atom stereocenters. The van der Waals surface area contributed by atoms with Crippen molar-refractivity contribution in [2.75, 3.05) is 7.11 Å². The first-order valence-electron chi connectivity index (χ1n) is 3.63. The largest absolute Gasteiger partial charge is 0.377 e. The Morgan fingerprint density at radius 2 is 2.36 bits per heavy atom. The molecule has 0 aliphatic carbocycles. The van der Waals surface area contributed by atoms with Gasteiger partial charge in [-0.25, -0.2) is 0 Å². The number of methoxy groups -OCH3 is 1. The molecule has 0 saturated heterocycles. The molecule has 0 fully saturated rings. The van der Waals surface area contributed by atoms with E-state index < -0.39 is 0 Å². The summed E-state index contributed by atoms with van der Waals surface area (Å²) in [4.78, 5) is 0. The van der Waals surface area contributed by atoms with Gasteiger partial charge in [-0.05, 0) is 13.8 Å². The topological polar surface area (TPSA) is 39.9 Å². The molecule has 11 heavy (non-hydrogen) atoms. The summed E-state index contributed by atoms with van der Waals surface area (Å²) in [6.07, 6.45) is 1.72. The van der Waals surface area contributed by atoms with E-state index in [4.69, 9.17) is 4.74 Å². The lowest BCUT2D eigenvalue weighted by atomic mass is 10.4. The van der Waals surface area contributed by atoms with Crippen LogP contribution in [0.5, 0.6) is 0 Å². The molecule has 0 radical (unpaired) electrons. The molecule has 0 aliphatic rings. The van der Waals surface area contributed by atoms with Crippen molar-refractivity contribution in [3.05, 3.63) is 12.2 Å². The Morgan fingerprint density at radius 1 is 1.64 bits per heavy atom. The van der Waals surface area contributed by atoms with Crippen LogP contribution in [0.25, 0.3) is 0 Å². The Balaban J connectivity index is 2.78. The molecule has 0 aliphatic heterocycles. The van der Waals surface area contributed by atoms with Crippen molar-refractivity contribution in [3.8, 4) is 0 Å². The minimum Gasteiger partial charge on any atom is -0.377 e. The molecule has 1 rings (SSSR count). The third-order valence-electron chi connectivity index (χ3n) is 1.48. The Morgan fingerprint density at radius 3 is 2.91 bits per heavy atom. The fourth-order valence-corrected chi connectivity index (χ4v) is 0.930. The quantitative estimate of drug-likeness (QED) is 0.654. The summed E-state index contributed by atoms with van der Waals surface area (Å²) in [6.45, 7) is 4.70. The van der Waals surface area contributed by atoms with E-state index >= 15 is 0 Å². The molecule has 0 bridgehead atoms. The highest BCUT2D eigenvalue weighted by Gasteiger charge is 2.05. The van der Waals surface area contributed by atoms with Crippen LogP contribution in [-0.4, -0.2) is 21.9 Å². The minimum atomic E-state index is 0.398. The second kappa shape index (κ2) is 3.48. The van der Waals surface area contributed by atoms with Gasteiger partial charge in [0.15, 0.2) is 5.82 Å². The number of rotatable bonds is 3. The van der Waals surface area contributed by atoms with Crippen molar-refractivity contribution in [2.45, 2.75) is 26.5 Å². The lowest BCUT2D eigenvalue weighted by Crippen LogP contribution is -2.05. The molecule has 0 N–H and O–H groups in total. The third-order valence-corrected chi connectivity index (χ3v) is 1.48. The lowest BCUT2D eigenvalue weighted by molar-refractivity contribution is 0.172. The molecular formula is C7H13N3O. The normalized spacial score (nSPS) is 10.9. The SMILES string of the molecule is COCc1nncn1C(C)C. The number of nitrogens with zero attached hydrogens (tertiary/aromatic N) is 3. The van der Waals surface area contributed by atoms with Crippen LogP contribution in [0.1, 0.15) is 25.7 Å². The zero-order valence-electron chi connectivity index (χ0n) is 7.11. The number of aromatic nitrogens is 3. The van der Waals surface area contributed by atoms with Gasteiger partial charge in [0.05, 0.1) is 0 Å². The van der Waals surface area contributed by atoms with Gasteiger partial charge < -0.3 is 9.30 Å². The van der Waals surface area contributed by atoms with E-state index in [1.54, 1.807) is 13.4 Å². The molecule has 1 aromatic rings. The van der Waals surface area contributed by atoms with Crippen molar-refractivity contribution in [3.63, 3.8) is 0 Å².